The van der Waals surface area contributed by atoms with Crippen molar-refractivity contribution in [3.8, 4) is 5.75 Å². The minimum atomic E-state index is 0.236. The second-order valence-corrected chi connectivity index (χ2v) is 3.72. The summed E-state index contributed by atoms with van der Waals surface area (Å²) in [6.45, 7) is 2.86. The van der Waals surface area contributed by atoms with Crippen molar-refractivity contribution in [2.24, 2.45) is 5.73 Å². The van der Waals surface area contributed by atoms with Crippen molar-refractivity contribution in [2.45, 2.75) is 25.8 Å². The van der Waals surface area contributed by atoms with Gasteiger partial charge in [-0.3, -0.25) is 0 Å². The molecule has 1 aromatic rings. The molecular weight excluding hydrogens is 162 g/mol. The van der Waals surface area contributed by atoms with Gasteiger partial charge in [0.15, 0.2) is 0 Å². The molecule has 0 unspecified atom stereocenters. The number of hydrogen-bond donors (Lipinski definition) is 1. The summed E-state index contributed by atoms with van der Waals surface area (Å²) in [5.41, 5.74) is 8.39. The van der Waals surface area contributed by atoms with E-state index in [2.05, 4.69) is 18.2 Å². The van der Waals surface area contributed by atoms with E-state index < -0.39 is 0 Å². The number of benzene rings is 1. The first-order valence-corrected chi connectivity index (χ1v) is 4.76. The summed E-state index contributed by atoms with van der Waals surface area (Å²) in [7, 11) is 0. The van der Waals surface area contributed by atoms with Crippen LogP contribution in [-0.2, 0) is 12.8 Å². The second kappa shape index (κ2) is 3.38. The maximum Gasteiger partial charge on any atom is 0.122 e. The smallest absolute Gasteiger partial charge is 0.122 e. The molecular formula is C11H15NO. The highest BCUT2D eigenvalue weighted by Gasteiger charge is 2.11. The molecule has 13 heavy (non-hydrogen) atoms. The zero-order valence-corrected chi connectivity index (χ0v) is 7.92. The van der Waals surface area contributed by atoms with E-state index in [-0.39, 0.29) is 6.04 Å². The van der Waals surface area contributed by atoms with Crippen LogP contribution in [0.2, 0.25) is 0 Å². The molecule has 2 nitrogen and oxygen atoms in total. The number of fused-ring (bicyclic) bond motifs is 1. The molecule has 0 aromatic heterocycles. The second-order valence-electron chi connectivity index (χ2n) is 3.72. The highest BCUT2D eigenvalue weighted by atomic mass is 16.5. The fraction of sp³-hybridized carbons (Fsp3) is 0.455. The molecule has 0 bridgehead atoms. The lowest BCUT2D eigenvalue weighted by atomic mass is 10.0. The van der Waals surface area contributed by atoms with Gasteiger partial charge in [-0.2, -0.15) is 0 Å². The van der Waals surface area contributed by atoms with Crippen LogP contribution in [0.5, 0.6) is 5.75 Å². The predicted octanol–water partition coefficient (Wildman–Crippen LogP) is 1.51. The molecule has 0 spiro atoms. The maximum atomic E-state index is 5.74. The summed E-state index contributed by atoms with van der Waals surface area (Å²) in [5.74, 6) is 1.05. The van der Waals surface area contributed by atoms with Crippen LogP contribution in [-0.4, -0.2) is 12.6 Å². The van der Waals surface area contributed by atoms with Crippen LogP contribution in [0.1, 0.15) is 18.1 Å². The molecule has 0 amide bonds. The summed E-state index contributed by atoms with van der Waals surface area (Å²) >= 11 is 0. The highest BCUT2D eigenvalue weighted by Crippen LogP contribution is 2.26. The lowest BCUT2D eigenvalue weighted by molar-refractivity contribution is 0.357. The third-order valence-corrected chi connectivity index (χ3v) is 2.31. The van der Waals surface area contributed by atoms with Crippen molar-refractivity contribution in [2.75, 3.05) is 6.61 Å². The Hall–Kier alpha value is -1.02. The first-order chi connectivity index (χ1) is 6.25. The lowest BCUT2D eigenvalue weighted by Crippen LogP contribution is -2.17. The lowest BCUT2D eigenvalue weighted by Gasteiger charge is -2.06. The van der Waals surface area contributed by atoms with Crippen molar-refractivity contribution in [3.63, 3.8) is 0 Å². The summed E-state index contributed by atoms with van der Waals surface area (Å²) in [6.07, 6.45) is 2.00. The van der Waals surface area contributed by atoms with E-state index >= 15 is 0 Å². The Morgan fingerprint density at radius 2 is 2.38 bits per heavy atom. The molecule has 1 atom stereocenters. The minimum absolute atomic E-state index is 0.236. The van der Waals surface area contributed by atoms with Crippen LogP contribution in [0, 0.1) is 0 Å². The molecule has 1 aromatic carbocycles. The molecule has 1 aliphatic rings. The highest BCUT2D eigenvalue weighted by molar-refractivity contribution is 5.39. The number of rotatable bonds is 2. The zero-order valence-electron chi connectivity index (χ0n) is 7.92. The molecule has 1 heterocycles. The Morgan fingerprint density at radius 1 is 1.54 bits per heavy atom. The Kier molecular flexibility index (Phi) is 2.23. The summed E-state index contributed by atoms with van der Waals surface area (Å²) in [4.78, 5) is 0. The summed E-state index contributed by atoms with van der Waals surface area (Å²) < 4.78 is 5.43. The average Bonchev–Trinajstić information content (AvgIpc) is 2.49. The van der Waals surface area contributed by atoms with Gasteiger partial charge in [0.1, 0.15) is 5.75 Å². The van der Waals surface area contributed by atoms with Crippen molar-refractivity contribution < 1.29 is 4.74 Å². The van der Waals surface area contributed by atoms with E-state index in [1.807, 2.05) is 6.92 Å². The van der Waals surface area contributed by atoms with Crippen molar-refractivity contribution in [1.29, 1.82) is 0 Å². The van der Waals surface area contributed by atoms with Crippen molar-refractivity contribution in [3.05, 3.63) is 29.3 Å². The third-order valence-electron chi connectivity index (χ3n) is 2.31. The fourth-order valence-corrected chi connectivity index (χ4v) is 1.74. The normalized spacial score (nSPS) is 16.5. The number of nitrogens with two attached hydrogens (primary N) is 1. The van der Waals surface area contributed by atoms with E-state index in [1.165, 1.54) is 11.1 Å². The van der Waals surface area contributed by atoms with Crippen LogP contribution in [0.4, 0.5) is 0 Å². The van der Waals surface area contributed by atoms with Crippen molar-refractivity contribution >= 4 is 0 Å². The van der Waals surface area contributed by atoms with Crippen LogP contribution < -0.4 is 10.5 Å². The monoisotopic (exact) mass is 177 g/mol. The summed E-state index contributed by atoms with van der Waals surface area (Å²) in [5, 5.41) is 0. The van der Waals surface area contributed by atoms with Gasteiger partial charge in [0.05, 0.1) is 6.61 Å². The topological polar surface area (TPSA) is 35.2 Å². The summed E-state index contributed by atoms with van der Waals surface area (Å²) in [6, 6.07) is 6.61. The van der Waals surface area contributed by atoms with Gasteiger partial charge in [-0.05, 0) is 30.5 Å². The molecule has 0 radical (unpaired) electrons. The third kappa shape index (κ3) is 1.83. The zero-order chi connectivity index (χ0) is 9.26. The standard InChI is InChI=1S/C11H15NO/c1-8(12)6-9-2-3-11-10(7-9)4-5-13-11/h2-3,7-8H,4-6,12H2,1H3/t8-/m0/s1. The molecule has 0 saturated heterocycles. The molecule has 0 aliphatic carbocycles. The molecule has 0 fully saturated rings. The molecule has 70 valence electrons. The van der Waals surface area contributed by atoms with Gasteiger partial charge in [-0.25, -0.2) is 0 Å². The molecule has 0 saturated carbocycles. The Balaban J connectivity index is 2.21. The van der Waals surface area contributed by atoms with E-state index in [0.29, 0.717) is 0 Å². The van der Waals surface area contributed by atoms with E-state index in [9.17, 15) is 0 Å². The number of hydrogen-bond acceptors (Lipinski definition) is 2. The Bertz CT molecular complexity index is 307. The van der Waals surface area contributed by atoms with Gasteiger partial charge in [0.25, 0.3) is 0 Å². The van der Waals surface area contributed by atoms with Crippen molar-refractivity contribution in [1.82, 2.24) is 0 Å². The predicted molar refractivity (Wildman–Crippen MR) is 53.0 cm³/mol. The van der Waals surface area contributed by atoms with Gasteiger partial charge in [0, 0.05) is 12.5 Å². The maximum absolute atomic E-state index is 5.74. The average molecular weight is 177 g/mol. The van der Waals surface area contributed by atoms with Crippen LogP contribution in [0.15, 0.2) is 18.2 Å². The van der Waals surface area contributed by atoms with Gasteiger partial charge < -0.3 is 10.5 Å². The largest absolute Gasteiger partial charge is 0.493 e. The van der Waals surface area contributed by atoms with E-state index in [4.69, 9.17) is 10.5 Å². The molecule has 1 aliphatic heterocycles. The first-order valence-electron chi connectivity index (χ1n) is 4.76. The van der Waals surface area contributed by atoms with E-state index in [1.54, 1.807) is 0 Å². The fourth-order valence-electron chi connectivity index (χ4n) is 1.74. The van der Waals surface area contributed by atoms with Crippen LogP contribution >= 0.6 is 0 Å². The molecule has 2 rings (SSSR count). The van der Waals surface area contributed by atoms with Gasteiger partial charge in [-0.1, -0.05) is 12.1 Å². The van der Waals surface area contributed by atoms with E-state index in [0.717, 1.165) is 25.2 Å². The van der Waals surface area contributed by atoms with Crippen LogP contribution in [0.3, 0.4) is 0 Å². The first kappa shape index (κ1) is 8.57. The number of ether oxygens (including phenoxy) is 1. The SMILES string of the molecule is C[C@H](N)Cc1ccc2c(c1)CCO2. The quantitative estimate of drug-likeness (QED) is 0.743. The molecule has 2 heteroatoms. The van der Waals surface area contributed by atoms with Gasteiger partial charge in [-0.15, -0.1) is 0 Å². The molecule has 2 N–H and O–H groups in total. The Morgan fingerprint density at radius 3 is 3.15 bits per heavy atom. The van der Waals surface area contributed by atoms with Gasteiger partial charge in [0.2, 0.25) is 0 Å². The Labute approximate surface area is 78.7 Å². The van der Waals surface area contributed by atoms with Crippen LogP contribution in [0.25, 0.3) is 0 Å². The van der Waals surface area contributed by atoms with Gasteiger partial charge >= 0.3 is 0 Å². The minimum Gasteiger partial charge on any atom is -0.493 e.